The summed E-state index contributed by atoms with van der Waals surface area (Å²) in [5, 5.41) is 0. The van der Waals surface area contributed by atoms with Crippen LogP contribution in [-0.2, 0) is 21.1 Å². The van der Waals surface area contributed by atoms with Gasteiger partial charge in [0.15, 0.2) is 11.2 Å². The number of imidazole rings is 1. The first-order valence-corrected chi connectivity index (χ1v) is 6.65. The maximum Gasteiger partial charge on any atom is 0.332 e. The van der Waals surface area contributed by atoms with Crippen LogP contribution in [0.3, 0.4) is 0 Å². The number of hydrogen-bond acceptors (Lipinski definition) is 5. The van der Waals surface area contributed by atoms with Crippen molar-refractivity contribution in [3.8, 4) is 0 Å². The molecule has 0 amide bonds. The predicted molar refractivity (Wildman–Crippen MR) is 79.2 cm³/mol. The van der Waals surface area contributed by atoms with Crippen LogP contribution in [-0.4, -0.2) is 24.8 Å². The highest BCUT2D eigenvalue weighted by molar-refractivity contribution is 5.71. The van der Waals surface area contributed by atoms with Crippen molar-refractivity contribution in [3.05, 3.63) is 31.3 Å². The van der Waals surface area contributed by atoms with Gasteiger partial charge in [0.2, 0.25) is 0 Å². The van der Waals surface area contributed by atoms with Crippen LogP contribution in [0, 0.1) is 0 Å². The molecule has 2 aromatic heterocycles. The average molecular weight is 296 g/mol. The fourth-order valence-electron chi connectivity index (χ4n) is 2.49. The smallest absolute Gasteiger partial charge is 0.330 e. The number of nitrogens with two attached hydrogens (primary N) is 2. The van der Waals surface area contributed by atoms with Crippen LogP contribution >= 0.6 is 0 Å². The van der Waals surface area contributed by atoms with Gasteiger partial charge in [-0.2, -0.15) is 0 Å². The highest BCUT2D eigenvalue weighted by Crippen LogP contribution is 2.12. The molecular formula is C12H20N6O3. The molecule has 0 aliphatic rings. The van der Waals surface area contributed by atoms with E-state index in [9.17, 15) is 14.4 Å². The van der Waals surface area contributed by atoms with E-state index >= 15 is 0 Å². The lowest BCUT2D eigenvalue weighted by Gasteiger charge is -2.14. The van der Waals surface area contributed by atoms with Gasteiger partial charge in [0.1, 0.15) is 0 Å². The van der Waals surface area contributed by atoms with Crippen molar-refractivity contribution in [2.75, 3.05) is 6.54 Å². The molecule has 9 heteroatoms. The first-order valence-electron chi connectivity index (χ1n) is 6.65. The van der Waals surface area contributed by atoms with E-state index in [0.29, 0.717) is 19.4 Å². The number of hydrogen-bond donors (Lipinski definition) is 2. The van der Waals surface area contributed by atoms with Gasteiger partial charge < -0.3 is 11.5 Å². The predicted octanol–water partition coefficient (Wildman–Crippen LogP) is -2.07. The first kappa shape index (κ1) is 15.3. The van der Waals surface area contributed by atoms with E-state index in [0.717, 1.165) is 4.57 Å². The van der Waals surface area contributed by atoms with Crippen LogP contribution in [0.25, 0.3) is 11.2 Å². The zero-order valence-corrected chi connectivity index (χ0v) is 12.4. The number of aromatic nitrogens is 4. The van der Waals surface area contributed by atoms with E-state index in [4.69, 9.17) is 11.5 Å². The van der Waals surface area contributed by atoms with E-state index in [1.54, 1.807) is 0 Å². The Morgan fingerprint density at radius 3 is 2.19 bits per heavy atom. The molecular weight excluding hydrogens is 276 g/mol. The Balaban J connectivity index is 2.91. The molecule has 1 unspecified atom stereocenters. The summed E-state index contributed by atoms with van der Waals surface area (Å²) < 4.78 is 4.74. The lowest BCUT2D eigenvalue weighted by atomic mass is 10.2. The number of aryl methyl sites for hydroxylation is 2. The largest absolute Gasteiger partial charge is 0.332 e. The molecule has 9 nitrogen and oxygen atoms in total. The van der Waals surface area contributed by atoms with Crippen molar-refractivity contribution in [3.63, 3.8) is 0 Å². The van der Waals surface area contributed by atoms with Gasteiger partial charge >= 0.3 is 11.4 Å². The van der Waals surface area contributed by atoms with Crippen LogP contribution < -0.4 is 28.4 Å². The molecule has 0 saturated carbocycles. The Hall–Kier alpha value is -2.13. The summed E-state index contributed by atoms with van der Waals surface area (Å²) in [4.78, 5) is 36.7. The molecule has 0 bridgehead atoms. The van der Waals surface area contributed by atoms with Gasteiger partial charge in [-0.25, -0.2) is 9.59 Å². The molecule has 0 radical (unpaired) electrons. The zero-order valence-electron chi connectivity index (χ0n) is 12.4. The van der Waals surface area contributed by atoms with Crippen molar-refractivity contribution in [1.29, 1.82) is 0 Å². The van der Waals surface area contributed by atoms with Crippen LogP contribution in [0.15, 0.2) is 14.4 Å². The van der Waals surface area contributed by atoms with E-state index in [-0.39, 0.29) is 11.2 Å². The third-order valence-electron chi connectivity index (χ3n) is 3.70. The van der Waals surface area contributed by atoms with Crippen LogP contribution in [0.4, 0.5) is 0 Å². The fraction of sp³-hybridized carbons (Fsp3) is 0.583. The van der Waals surface area contributed by atoms with Crippen LogP contribution in [0.5, 0.6) is 0 Å². The minimum absolute atomic E-state index is 0.160. The standard InChI is InChI=1S/C12H20N6O3/c1-15-8-9(16(2)11(20)17(3)10(8)19)18(12(15)21)7(14)5-4-6-13/h7H,4-6,13-14H2,1-3H3. The second kappa shape index (κ2) is 5.34. The second-order valence-electron chi connectivity index (χ2n) is 5.09. The lowest BCUT2D eigenvalue weighted by molar-refractivity contribution is 0.458. The molecule has 0 spiro atoms. The monoisotopic (exact) mass is 296 g/mol. The summed E-state index contributed by atoms with van der Waals surface area (Å²) in [6, 6.07) is 0. The summed E-state index contributed by atoms with van der Waals surface area (Å²) in [5.74, 6) is 0. The normalized spacial score (nSPS) is 13.0. The van der Waals surface area contributed by atoms with E-state index < -0.39 is 23.1 Å². The molecule has 2 aromatic rings. The highest BCUT2D eigenvalue weighted by atomic mass is 16.2. The molecule has 0 aromatic carbocycles. The summed E-state index contributed by atoms with van der Waals surface area (Å²) >= 11 is 0. The van der Waals surface area contributed by atoms with Gasteiger partial charge in [-0.15, -0.1) is 0 Å². The van der Waals surface area contributed by atoms with Crippen LogP contribution in [0.2, 0.25) is 0 Å². The third-order valence-corrected chi connectivity index (χ3v) is 3.70. The molecule has 2 rings (SSSR count). The maximum atomic E-state index is 12.4. The second-order valence-corrected chi connectivity index (χ2v) is 5.09. The Bertz CT molecular complexity index is 853. The van der Waals surface area contributed by atoms with Crippen molar-refractivity contribution in [2.24, 2.45) is 32.6 Å². The van der Waals surface area contributed by atoms with Gasteiger partial charge in [0.25, 0.3) is 5.56 Å². The molecule has 0 aliphatic heterocycles. The van der Waals surface area contributed by atoms with Crippen molar-refractivity contribution >= 4 is 11.2 Å². The summed E-state index contributed by atoms with van der Waals surface area (Å²) in [7, 11) is 4.37. The maximum absolute atomic E-state index is 12.4. The van der Waals surface area contributed by atoms with E-state index in [1.165, 1.54) is 34.8 Å². The van der Waals surface area contributed by atoms with Crippen molar-refractivity contribution < 1.29 is 0 Å². The minimum Gasteiger partial charge on any atom is -0.330 e. The third kappa shape index (κ3) is 2.14. The average Bonchev–Trinajstić information content (AvgIpc) is 2.73. The fourth-order valence-corrected chi connectivity index (χ4v) is 2.49. The molecule has 1 atom stereocenters. The molecule has 116 valence electrons. The molecule has 0 fully saturated rings. The Morgan fingerprint density at radius 1 is 1.00 bits per heavy atom. The van der Waals surface area contributed by atoms with Gasteiger partial charge in [-0.1, -0.05) is 0 Å². The summed E-state index contributed by atoms with van der Waals surface area (Å²) in [6.45, 7) is 0.452. The Morgan fingerprint density at radius 2 is 1.62 bits per heavy atom. The van der Waals surface area contributed by atoms with Crippen LogP contribution in [0.1, 0.15) is 19.0 Å². The quantitative estimate of drug-likeness (QED) is 0.671. The molecule has 21 heavy (non-hydrogen) atoms. The highest BCUT2D eigenvalue weighted by Gasteiger charge is 2.22. The van der Waals surface area contributed by atoms with Crippen molar-refractivity contribution in [1.82, 2.24) is 18.3 Å². The molecule has 0 aliphatic carbocycles. The summed E-state index contributed by atoms with van der Waals surface area (Å²) in [6.07, 6.45) is 0.490. The van der Waals surface area contributed by atoms with E-state index in [2.05, 4.69) is 0 Å². The van der Waals surface area contributed by atoms with Gasteiger partial charge in [-0.05, 0) is 19.4 Å². The van der Waals surface area contributed by atoms with Gasteiger partial charge in [0.05, 0.1) is 6.17 Å². The Kier molecular flexibility index (Phi) is 3.88. The van der Waals surface area contributed by atoms with Gasteiger partial charge in [0, 0.05) is 21.1 Å². The zero-order chi connectivity index (χ0) is 15.9. The molecule has 2 heterocycles. The molecule has 4 N–H and O–H groups in total. The lowest BCUT2D eigenvalue weighted by Crippen LogP contribution is -2.38. The van der Waals surface area contributed by atoms with E-state index in [1.807, 2.05) is 0 Å². The SMILES string of the molecule is Cn1c(=O)c2c(n(C)c1=O)n(C(N)CCCN)c(=O)n2C. The van der Waals surface area contributed by atoms with Crippen molar-refractivity contribution in [2.45, 2.75) is 19.0 Å². The number of nitrogens with zero attached hydrogens (tertiary/aromatic N) is 4. The van der Waals surface area contributed by atoms with Gasteiger partial charge in [-0.3, -0.25) is 23.1 Å². The number of rotatable bonds is 4. The Labute approximate surface area is 120 Å². The number of fused-ring (bicyclic) bond motifs is 1. The topological polar surface area (TPSA) is 123 Å². The minimum atomic E-state index is -0.637. The summed E-state index contributed by atoms with van der Waals surface area (Å²) in [5.41, 5.74) is 10.4. The first-order chi connectivity index (χ1) is 9.82. The molecule has 0 saturated heterocycles.